The van der Waals surface area contributed by atoms with Crippen molar-refractivity contribution < 1.29 is 4.79 Å². The molecule has 0 spiro atoms. The molecule has 0 fully saturated rings. The fourth-order valence-corrected chi connectivity index (χ4v) is 4.26. The van der Waals surface area contributed by atoms with Crippen molar-refractivity contribution in [2.45, 2.75) is 25.8 Å². The van der Waals surface area contributed by atoms with Crippen LogP contribution in [0, 0.1) is 0 Å². The molecule has 1 amide bonds. The van der Waals surface area contributed by atoms with Crippen molar-refractivity contribution in [3.63, 3.8) is 0 Å². The van der Waals surface area contributed by atoms with E-state index in [0.29, 0.717) is 11.6 Å². The molecule has 1 atom stereocenters. The van der Waals surface area contributed by atoms with Crippen molar-refractivity contribution in [2.24, 2.45) is 14.1 Å². The zero-order valence-corrected chi connectivity index (χ0v) is 18.1. The molecule has 4 aromatic rings. The van der Waals surface area contributed by atoms with Crippen LogP contribution in [0.25, 0.3) is 11.2 Å². The summed E-state index contributed by atoms with van der Waals surface area (Å²) in [5, 5.41) is 12.2. The lowest BCUT2D eigenvalue weighted by Crippen LogP contribution is -2.37. The molecule has 160 valence electrons. The second kappa shape index (κ2) is 8.26. The summed E-state index contributed by atoms with van der Waals surface area (Å²) in [7, 11) is 2.92. The number of rotatable bonds is 6. The number of amides is 1. The molecule has 3 heterocycles. The molecule has 11 heteroatoms. The summed E-state index contributed by atoms with van der Waals surface area (Å²) < 4.78 is 3.69. The number of nitrogens with one attached hydrogen (secondary N) is 1. The number of carbonyl (C=O) groups excluding carboxylic acids is 1. The SMILES string of the molecule is C[C@@H](Cc1nnc(NC(=O)Cn2cnc3c2c(=O)n(C)c(=O)n3C)s1)c1ccccc1. The summed E-state index contributed by atoms with van der Waals surface area (Å²) in [5.74, 6) is -0.0908. The Labute approximate surface area is 180 Å². The number of aryl methyl sites for hydroxylation is 1. The first-order valence-corrected chi connectivity index (χ1v) is 10.4. The van der Waals surface area contributed by atoms with Gasteiger partial charge in [-0.05, 0) is 11.5 Å². The molecule has 1 N–H and O–H groups in total. The summed E-state index contributed by atoms with van der Waals surface area (Å²) in [6.45, 7) is 1.98. The molecule has 0 aliphatic heterocycles. The van der Waals surface area contributed by atoms with Gasteiger partial charge in [0.05, 0.1) is 6.33 Å². The number of imidazole rings is 1. The molecular formula is C20H21N7O3S. The van der Waals surface area contributed by atoms with Gasteiger partial charge in [-0.3, -0.25) is 24.0 Å². The molecule has 0 aliphatic carbocycles. The molecule has 0 aliphatic rings. The van der Waals surface area contributed by atoms with E-state index in [-0.39, 0.29) is 29.5 Å². The summed E-state index contributed by atoms with van der Waals surface area (Å²) in [6.07, 6.45) is 2.09. The van der Waals surface area contributed by atoms with Crippen LogP contribution >= 0.6 is 11.3 Å². The highest BCUT2D eigenvalue weighted by atomic mass is 32.1. The molecule has 10 nitrogen and oxygen atoms in total. The Kier molecular flexibility index (Phi) is 5.51. The van der Waals surface area contributed by atoms with Crippen LogP contribution in [0.4, 0.5) is 5.13 Å². The van der Waals surface area contributed by atoms with Gasteiger partial charge in [-0.15, -0.1) is 10.2 Å². The van der Waals surface area contributed by atoms with Gasteiger partial charge in [-0.2, -0.15) is 0 Å². The predicted octanol–water partition coefficient (Wildman–Crippen LogP) is 1.27. The molecule has 0 saturated heterocycles. The van der Waals surface area contributed by atoms with E-state index < -0.39 is 11.2 Å². The van der Waals surface area contributed by atoms with Crippen LogP contribution in [0.3, 0.4) is 0 Å². The first kappa shape index (κ1) is 20.7. The van der Waals surface area contributed by atoms with Crippen LogP contribution in [0.1, 0.15) is 23.4 Å². The highest BCUT2D eigenvalue weighted by Crippen LogP contribution is 2.24. The largest absolute Gasteiger partial charge is 0.332 e. The zero-order valence-electron chi connectivity index (χ0n) is 17.3. The van der Waals surface area contributed by atoms with Crippen LogP contribution in [0.15, 0.2) is 46.2 Å². The highest BCUT2D eigenvalue weighted by Gasteiger charge is 2.17. The van der Waals surface area contributed by atoms with Crippen molar-refractivity contribution in [3.05, 3.63) is 68.1 Å². The Morgan fingerprint density at radius 1 is 1.13 bits per heavy atom. The smallest absolute Gasteiger partial charge is 0.315 e. The number of carbonyl (C=O) groups is 1. The third-order valence-corrected chi connectivity index (χ3v) is 5.95. The number of fused-ring (bicyclic) bond motifs is 1. The summed E-state index contributed by atoms with van der Waals surface area (Å²) in [6, 6.07) is 10.1. The first-order chi connectivity index (χ1) is 14.8. The van der Waals surface area contributed by atoms with Crippen LogP contribution < -0.4 is 16.6 Å². The lowest BCUT2D eigenvalue weighted by atomic mass is 9.98. The van der Waals surface area contributed by atoms with Gasteiger partial charge in [-0.25, -0.2) is 9.78 Å². The van der Waals surface area contributed by atoms with Gasteiger partial charge in [0.25, 0.3) is 5.56 Å². The van der Waals surface area contributed by atoms with Gasteiger partial charge in [0.1, 0.15) is 11.6 Å². The summed E-state index contributed by atoms with van der Waals surface area (Å²) in [4.78, 5) is 41.2. The first-order valence-electron chi connectivity index (χ1n) is 9.63. The molecule has 0 unspecified atom stereocenters. The third-order valence-electron chi connectivity index (χ3n) is 5.09. The Morgan fingerprint density at radius 2 is 1.87 bits per heavy atom. The number of hydrogen-bond donors (Lipinski definition) is 1. The fraction of sp³-hybridized carbons (Fsp3) is 0.300. The monoisotopic (exact) mass is 439 g/mol. The molecule has 0 radical (unpaired) electrons. The number of nitrogens with zero attached hydrogens (tertiary/aromatic N) is 6. The molecule has 0 bridgehead atoms. The lowest BCUT2D eigenvalue weighted by molar-refractivity contribution is -0.116. The maximum absolute atomic E-state index is 12.5. The van der Waals surface area contributed by atoms with Crippen molar-refractivity contribution in [2.75, 3.05) is 5.32 Å². The minimum atomic E-state index is -0.503. The molecule has 31 heavy (non-hydrogen) atoms. The van der Waals surface area contributed by atoms with E-state index in [9.17, 15) is 14.4 Å². The maximum atomic E-state index is 12.5. The van der Waals surface area contributed by atoms with Crippen molar-refractivity contribution in [3.8, 4) is 0 Å². The Morgan fingerprint density at radius 3 is 2.61 bits per heavy atom. The predicted molar refractivity (Wildman–Crippen MR) is 117 cm³/mol. The van der Waals surface area contributed by atoms with Gasteiger partial charge >= 0.3 is 5.69 Å². The number of benzene rings is 1. The molecule has 3 aromatic heterocycles. The van der Waals surface area contributed by atoms with Gasteiger partial charge in [0.2, 0.25) is 11.0 Å². The van der Waals surface area contributed by atoms with E-state index in [0.717, 1.165) is 9.57 Å². The summed E-state index contributed by atoms with van der Waals surface area (Å²) >= 11 is 1.32. The number of aromatic nitrogens is 6. The topological polar surface area (TPSA) is 117 Å². The Balaban J connectivity index is 1.47. The van der Waals surface area contributed by atoms with E-state index in [1.807, 2.05) is 18.2 Å². The second-order valence-electron chi connectivity index (χ2n) is 7.32. The molecular weight excluding hydrogens is 418 g/mol. The quantitative estimate of drug-likeness (QED) is 0.484. The van der Waals surface area contributed by atoms with E-state index in [2.05, 4.69) is 39.6 Å². The van der Waals surface area contributed by atoms with Crippen LogP contribution in [0.5, 0.6) is 0 Å². The minimum Gasteiger partial charge on any atom is -0.315 e. The van der Waals surface area contributed by atoms with Gasteiger partial charge in [-0.1, -0.05) is 48.6 Å². The van der Waals surface area contributed by atoms with Gasteiger partial charge < -0.3 is 4.57 Å². The fourth-order valence-electron chi connectivity index (χ4n) is 3.38. The standard InChI is InChI=1S/C20H21N7O3S/c1-12(13-7-5-4-6-8-13)9-15-23-24-19(31-15)22-14(28)10-27-11-21-17-16(27)18(29)26(3)20(30)25(17)2/h4-8,11-12H,9-10H2,1-3H3,(H,22,24,28)/t12-/m0/s1. The van der Waals surface area contributed by atoms with E-state index >= 15 is 0 Å². The molecule has 4 rings (SSSR count). The van der Waals surface area contributed by atoms with Crippen LogP contribution in [0.2, 0.25) is 0 Å². The summed E-state index contributed by atoms with van der Waals surface area (Å²) in [5.41, 5.74) is 0.657. The van der Waals surface area contributed by atoms with Gasteiger partial charge in [0.15, 0.2) is 11.2 Å². The van der Waals surface area contributed by atoms with Crippen LogP contribution in [-0.4, -0.2) is 34.8 Å². The number of anilines is 1. The van der Waals surface area contributed by atoms with Crippen molar-refractivity contribution in [1.29, 1.82) is 0 Å². The van der Waals surface area contributed by atoms with Crippen molar-refractivity contribution >= 4 is 33.5 Å². The third kappa shape index (κ3) is 4.04. The highest BCUT2D eigenvalue weighted by molar-refractivity contribution is 7.15. The van der Waals surface area contributed by atoms with Crippen LogP contribution in [-0.2, 0) is 31.9 Å². The van der Waals surface area contributed by atoms with E-state index in [1.165, 1.54) is 46.5 Å². The Hall–Kier alpha value is -3.60. The second-order valence-corrected chi connectivity index (χ2v) is 8.38. The normalized spacial score (nSPS) is 12.2. The molecule has 1 aromatic carbocycles. The lowest BCUT2D eigenvalue weighted by Gasteiger charge is -2.08. The average molecular weight is 440 g/mol. The van der Waals surface area contributed by atoms with Crippen molar-refractivity contribution in [1.82, 2.24) is 28.9 Å². The zero-order chi connectivity index (χ0) is 22.1. The maximum Gasteiger partial charge on any atom is 0.332 e. The minimum absolute atomic E-state index is 0.140. The number of hydrogen-bond acceptors (Lipinski definition) is 7. The van der Waals surface area contributed by atoms with Gasteiger partial charge in [0, 0.05) is 20.5 Å². The molecule has 0 saturated carbocycles. The average Bonchev–Trinajstić information content (AvgIpc) is 3.38. The van der Waals surface area contributed by atoms with E-state index in [4.69, 9.17) is 0 Å². The Bertz CT molecular complexity index is 1370. The van der Waals surface area contributed by atoms with E-state index in [1.54, 1.807) is 0 Å².